The fraction of sp³-hybridized carbons (Fsp3) is 0.258. The Hall–Kier alpha value is -4.14. The molecule has 5 rings (SSSR count). The molecule has 0 aliphatic carbocycles. The molecule has 1 aromatic heterocycles. The summed E-state index contributed by atoms with van der Waals surface area (Å²) in [4.78, 5) is 33.2. The molecule has 1 aliphatic heterocycles. The smallest absolute Gasteiger partial charge is 0.254 e. The molecule has 0 saturated carbocycles. The molecule has 1 N–H and O–H groups in total. The number of ether oxygens (including phenoxy) is 2. The Bertz CT molecular complexity index is 1460. The molecular formula is C31H31ClN4O4. The number of rotatable bonds is 9. The van der Waals surface area contributed by atoms with Crippen LogP contribution in [0.1, 0.15) is 28.8 Å². The number of aromatic nitrogens is 2. The van der Waals surface area contributed by atoms with Crippen LogP contribution >= 0.6 is 11.6 Å². The number of hydrogen-bond donors (Lipinski definition) is 1. The van der Waals surface area contributed by atoms with Crippen molar-refractivity contribution in [2.45, 2.75) is 25.9 Å². The highest BCUT2D eigenvalue weighted by atomic mass is 35.5. The van der Waals surface area contributed by atoms with Crippen LogP contribution in [0.15, 0.2) is 79.0 Å². The minimum atomic E-state index is -0.360. The van der Waals surface area contributed by atoms with Gasteiger partial charge in [0.25, 0.3) is 5.91 Å². The van der Waals surface area contributed by atoms with Gasteiger partial charge >= 0.3 is 0 Å². The summed E-state index contributed by atoms with van der Waals surface area (Å²) < 4.78 is 12.8. The molecule has 2 heterocycles. The van der Waals surface area contributed by atoms with Crippen LogP contribution in [-0.2, 0) is 9.53 Å². The maximum atomic E-state index is 13.5. The normalized spacial score (nSPS) is 14.6. The largest absolute Gasteiger partial charge is 0.497 e. The van der Waals surface area contributed by atoms with E-state index in [0.29, 0.717) is 41.1 Å². The number of nitrogens with zero attached hydrogens (tertiary/aromatic N) is 3. The molecule has 0 radical (unpaired) electrons. The number of benzene rings is 3. The number of methoxy groups -OCH3 is 1. The molecule has 40 heavy (non-hydrogen) atoms. The van der Waals surface area contributed by atoms with Crippen LogP contribution in [0.5, 0.6) is 5.75 Å². The molecule has 4 aromatic rings. The molecule has 1 unspecified atom stereocenters. The molecule has 0 spiro atoms. The number of imidazole rings is 1. The second-order valence-corrected chi connectivity index (χ2v) is 10.2. The summed E-state index contributed by atoms with van der Waals surface area (Å²) >= 11 is 6.08. The minimum Gasteiger partial charge on any atom is -0.497 e. The molecular weight excluding hydrogens is 528 g/mol. The van der Waals surface area contributed by atoms with E-state index >= 15 is 0 Å². The number of nitrogens with one attached hydrogen (secondary N) is 1. The van der Waals surface area contributed by atoms with Crippen molar-refractivity contribution in [2.75, 3.05) is 32.1 Å². The van der Waals surface area contributed by atoms with Gasteiger partial charge in [-0.1, -0.05) is 41.4 Å². The summed E-state index contributed by atoms with van der Waals surface area (Å²) in [5, 5.41) is 3.57. The minimum absolute atomic E-state index is 0.110. The third kappa shape index (κ3) is 6.52. The average molecular weight is 559 g/mol. The van der Waals surface area contributed by atoms with Crippen molar-refractivity contribution in [3.05, 3.63) is 95.1 Å². The zero-order valence-corrected chi connectivity index (χ0v) is 23.2. The standard InChI is InChI=1S/C31H31ClN4O4/c1-21-5-13-25(14-6-21)36-19-28(22-7-11-24(32)12-8-22)33-31(36)34-29(37)20-35(18-27-4-3-17-40-27)30(38)23-9-15-26(39-2)16-10-23/h5-16,19,27H,3-4,17-18,20H2,1-2H3,(H,33,34,37). The van der Waals surface area contributed by atoms with Gasteiger partial charge in [0.1, 0.15) is 12.3 Å². The quantitative estimate of drug-likeness (QED) is 0.282. The number of aryl methyl sites for hydroxylation is 1. The third-order valence-electron chi connectivity index (χ3n) is 6.82. The van der Waals surface area contributed by atoms with E-state index in [1.54, 1.807) is 43.5 Å². The lowest BCUT2D eigenvalue weighted by atomic mass is 10.1. The van der Waals surface area contributed by atoms with Crippen molar-refractivity contribution in [1.82, 2.24) is 14.5 Å². The first-order valence-electron chi connectivity index (χ1n) is 13.2. The number of amides is 2. The highest BCUT2D eigenvalue weighted by molar-refractivity contribution is 6.30. The molecule has 1 aliphatic rings. The Morgan fingerprint density at radius 3 is 2.45 bits per heavy atom. The van der Waals surface area contributed by atoms with E-state index in [1.807, 2.05) is 54.1 Å². The number of carbonyl (C=O) groups is 2. The van der Waals surface area contributed by atoms with Crippen molar-refractivity contribution >= 4 is 29.4 Å². The van der Waals surface area contributed by atoms with Crippen LogP contribution in [0.3, 0.4) is 0 Å². The zero-order chi connectivity index (χ0) is 28.1. The number of carbonyl (C=O) groups excluding carboxylic acids is 2. The lowest BCUT2D eigenvalue weighted by molar-refractivity contribution is -0.117. The fourth-order valence-electron chi connectivity index (χ4n) is 4.64. The third-order valence-corrected chi connectivity index (χ3v) is 7.07. The molecule has 1 fully saturated rings. The van der Waals surface area contributed by atoms with E-state index in [1.165, 1.54) is 4.90 Å². The Morgan fingerprint density at radius 1 is 1.07 bits per heavy atom. The molecule has 1 atom stereocenters. The number of hydrogen-bond acceptors (Lipinski definition) is 5. The Balaban J connectivity index is 1.40. The predicted octanol–water partition coefficient (Wildman–Crippen LogP) is 5.77. The van der Waals surface area contributed by atoms with Gasteiger partial charge in [-0.15, -0.1) is 0 Å². The summed E-state index contributed by atoms with van der Waals surface area (Å²) in [6, 6.07) is 22.2. The first kappa shape index (κ1) is 27.4. The number of halogens is 1. The van der Waals surface area contributed by atoms with Crippen molar-refractivity contribution < 1.29 is 19.1 Å². The van der Waals surface area contributed by atoms with E-state index in [-0.39, 0.29) is 24.5 Å². The van der Waals surface area contributed by atoms with Gasteiger partial charge in [-0.25, -0.2) is 4.98 Å². The van der Waals surface area contributed by atoms with E-state index in [0.717, 1.165) is 29.7 Å². The predicted molar refractivity (Wildman–Crippen MR) is 155 cm³/mol. The second-order valence-electron chi connectivity index (χ2n) is 9.76. The van der Waals surface area contributed by atoms with Gasteiger partial charge in [0, 0.05) is 41.2 Å². The summed E-state index contributed by atoms with van der Waals surface area (Å²) in [5.74, 6) is 0.394. The summed E-state index contributed by atoms with van der Waals surface area (Å²) in [6.07, 6.45) is 3.54. The molecule has 1 saturated heterocycles. The monoisotopic (exact) mass is 558 g/mol. The van der Waals surface area contributed by atoms with Gasteiger partial charge in [0.05, 0.1) is 18.9 Å². The van der Waals surface area contributed by atoms with Crippen LogP contribution < -0.4 is 10.1 Å². The molecule has 8 nitrogen and oxygen atoms in total. The Morgan fingerprint density at radius 2 is 1.80 bits per heavy atom. The molecule has 0 bridgehead atoms. The van der Waals surface area contributed by atoms with E-state index in [4.69, 9.17) is 26.1 Å². The van der Waals surface area contributed by atoms with Gasteiger partial charge in [0.2, 0.25) is 11.9 Å². The maximum Gasteiger partial charge on any atom is 0.254 e. The van der Waals surface area contributed by atoms with Crippen molar-refractivity contribution in [1.29, 1.82) is 0 Å². The van der Waals surface area contributed by atoms with Gasteiger partial charge in [-0.3, -0.25) is 19.5 Å². The maximum absolute atomic E-state index is 13.5. The second kappa shape index (κ2) is 12.4. The van der Waals surface area contributed by atoms with Crippen molar-refractivity contribution in [3.63, 3.8) is 0 Å². The topological polar surface area (TPSA) is 85.7 Å². The van der Waals surface area contributed by atoms with Gasteiger partial charge < -0.3 is 14.4 Å². The molecule has 2 amide bonds. The Kier molecular flexibility index (Phi) is 8.48. The van der Waals surface area contributed by atoms with E-state index in [2.05, 4.69) is 5.32 Å². The van der Waals surface area contributed by atoms with Crippen molar-refractivity contribution in [2.24, 2.45) is 0 Å². The fourth-order valence-corrected chi connectivity index (χ4v) is 4.76. The SMILES string of the molecule is COc1ccc(C(=O)N(CC(=O)Nc2nc(-c3ccc(Cl)cc3)cn2-c2ccc(C)cc2)CC2CCCO2)cc1. The van der Waals surface area contributed by atoms with E-state index in [9.17, 15) is 9.59 Å². The lowest BCUT2D eigenvalue weighted by Crippen LogP contribution is -2.42. The van der Waals surface area contributed by atoms with Crippen LogP contribution in [0.2, 0.25) is 5.02 Å². The van der Waals surface area contributed by atoms with Gasteiger partial charge in [0.15, 0.2) is 0 Å². The molecule has 9 heteroatoms. The Labute approximate surface area is 238 Å². The summed E-state index contributed by atoms with van der Waals surface area (Å²) in [7, 11) is 1.57. The van der Waals surface area contributed by atoms with Crippen LogP contribution in [-0.4, -0.2) is 59.2 Å². The van der Waals surface area contributed by atoms with Crippen LogP contribution in [0, 0.1) is 6.92 Å². The molecule has 3 aromatic carbocycles. The summed E-state index contributed by atoms with van der Waals surface area (Å²) in [6.45, 7) is 2.84. The first-order chi connectivity index (χ1) is 19.4. The van der Waals surface area contributed by atoms with Crippen LogP contribution in [0.4, 0.5) is 5.95 Å². The average Bonchev–Trinajstić information content (AvgIpc) is 3.63. The highest BCUT2D eigenvalue weighted by Gasteiger charge is 2.26. The number of anilines is 1. The lowest BCUT2D eigenvalue weighted by Gasteiger charge is -2.25. The van der Waals surface area contributed by atoms with Gasteiger partial charge in [-0.05, 0) is 68.3 Å². The zero-order valence-electron chi connectivity index (χ0n) is 22.5. The van der Waals surface area contributed by atoms with Crippen molar-refractivity contribution in [3.8, 4) is 22.7 Å². The highest BCUT2D eigenvalue weighted by Crippen LogP contribution is 2.26. The van der Waals surface area contributed by atoms with Gasteiger partial charge in [-0.2, -0.15) is 0 Å². The summed E-state index contributed by atoms with van der Waals surface area (Å²) in [5.41, 5.74) is 3.98. The first-order valence-corrected chi connectivity index (χ1v) is 13.5. The molecule has 206 valence electrons. The van der Waals surface area contributed by atoms with E-state index < -0.39 is 0 Å². The van der Waals surface area contributed by atoms with Crippen LogP contribution in [0.25, 0.3) is 16.9 Å².